The van der Waals surface area contributed by atoms with E-state index in [1.54, 1.807) is 24.4 Å². The van der Waals surface area contributed by atoms with Gasteiger partial charge in [0.2, 0.25) is 10.0 Å². The third kappa shape index (κ3) is 4.44. The lowest BCUT2D eigenvalue weighted by Crippen LogP contribution is -2.26. The van der Waals surface area contributed by atoms with Crippen molar-refractivity contribution in [2.24, 2.45) is 0 Å². The number of sulfonamides is 1. The summed E-state index contributed by atoms with van der Waals surface area (Å²) in [6.45, 7) is 3.05. The van der Waals surface area contributed by atoms with E-state index in [0.717, 1.165) is 46.9 Å². The second kappa shape index (κ2) is 9.59. The monoisotopic (exact) mass is 488 g/mol. The molecule has 8 nitrogen and oxygen atoms in total. The van der Waals surface area contributed by atoms with Gasteiger partial charge < -0.3 is 10.3 Å². The lowest BCUT2D eigenvalue weighted by Gasteiger charge is -2.12. The van der Waals surface area contributed by atoms with Crippen LogP contribution in [0.4, 0.5) is 5.82 Å². The number of rotatable bonds is 9. The van der Waals surface area contributed by atoms with E-state index in [-0.39, 0.29) is 11.4 Å². The van der Waals surface area contributed by atoms with Crippen LogP contribution in [0.5, 0.6) is 0 Å². The van der Waals surface area contributed by atoms with Crippen LogP contribution in [-0.4, -0.2) is 34.5 Å². The maximum Gasteiger partial charge on any atom is 0.242 e. The van der Waals surface area contributed by atoms with E-state index in [2.05, 4.69) is 26.2 Å². The first kappa shape index (κ1) is 23.2. The highest BCUT2D eigenvalue weighted by Crippen LogP contribution is 2.29. The summed E-state index contributed by atoms with van der Waals surface area (Å²) in [5.41, 5.74) is 9.23. The minimum absolute atomic E-state index is 0.192. The Kier molecular flexibility index (Phi) is 6.36. The van der Waals surface area contributed by atoms with Gasteiger partial charge in [0.05, 0.1) is 16.6 Å². The maximum absolute atomic E-state index is 13.1. The fourth-order valence-electron chi connectivity index (χ4n) is 4.49. The molecule has 180 valence electrons. The summed E-state index contributed by atoms with van der Waals surface area (Å²) in [6, 6.07) is 16.7. The summed E-state index contributed by atoms with van der Waals surface area (Å²) in [6.07, 6.45) is 5.09. The standard InChI is InChI=1S/C26H28N6O2S/c1-2-3-14-22-31-24-25(19-11-4-5-12-20(19)30-26(24)27)32(22)17-8-16-29-35(33,34)21-13-6-9-18-10-7-15-28-23(18)21/h4-7,9-13,15,29H,2-3,8,14,16-17H2,1H3,(H2,27,30). The van der Waals surface area contributed by atoms with Gasteiger partial charge in [-0.3, -0.25) is 4.98 Å². The summed E-state index contributed by atoms with van der Waals surface area (Å²) in [4.78, 5) is 13.8. The molecular weight excluding hydrogens is 460 g/mol. The number of para-hydroxylation sites is 2. The fourth-order valence-corrected chi connectivity index (χ4v) is 5.74. The predicted octanol–water partition coefficient (Wildman–Crippen LogP) is 4.43. The molecule has 0 aliphatic carbocycles. The zero-order valence-corrected chi connectivity index (χ0v) is 20.4. The summed E-state index contributed by atoms with van der Waals surface area (Å²) < 4.78 is 31.0. The first-order valence-corrected chi connectivity index (χ1v) is 13.3. The van der Waals surface area contributed by atoms with Crippen LogP contribution in [-0.2, 0) is 23.0 Å². The number of benzene rings is 2. The SMILES string of the molecule is CCCCc1nc2c(N)nc3ccccc3c2n1CCCNS(=O)(=O)c1cccc2cccnc12. The highest BCUT2D eigenvalue weighted by molar-refractivity contribution is 7.89. The number of hydrogen-bond donors (Lipinski definition) is 2. The Labute approximate surface area is 204 Å². The van der Waals surface area contributed by atoms with Crippen molar-refractivity contribution in [3.63, 3.8) is 0 Å². The summed E-state index contributed by atoms with van der Waals surface area (Å²) in [5, 5.41) is 1.79. The highest BCUT2D eigenvalue weighted by atomic mass is 32.2. The molecule has 0 saturated carbocycles. The lowest BCUT2D eigenvalue weighted by molar-refractivity contribution is 0.567. The van der Waals surface area contributed by atoms with Crippen molar-refractivity contribution >= 4 is 48.7 Å². The van der Waals surface area contributed by atoms with E-state index < -0.39 is 10.0 Å². The molecule has 35 heavy (non-hydrogen) atoms. The molecule has 0 atom stereocenters. The van der Waals surface area contributed by atoms with E-state index in [0.29, 0.717) is 29.8 Å². The van der Waals surface area contributed by atoms with Gasteiger partial charge in [0.1, 0.15) is 16.2 Å². The number of pyridine rings is 2. The van der Waals surface area contributed by atoms with Crippen LogP contribution in [0.2, 0.25) is 0 Å². The normalized spacial score (nSPS) is 12.1. The molecular formula is C26H28N6O2S. The minimum atomic E-state index is -3.70. The number of nitrogens with one attached hydrogen (secondary N) is 1. The zero-order chi connectivity index (χ0) is 24.4. The van der Waals surface area contributed by atoms with Crippen LogP contribution >= 0.6 is 0 Å². The van der Waals surface area contributed by atoms with Gasteiger partial charge >= 0.3 is 0 Å². The molecule has 3 heterocycles. The molecule has 2 aromatic carbocycles. The summed E-state index contributed by atoms with van der Waals surface area (Å²) in [5.74, 6) is 1.37. The van der Waals surface area contributed by atoms with Crippen LogP contribution in [0.15, 0.2) is 65.7 Å². The largest absolute Gasteiger partial charge is 0.382 e. The average molecular weight is 489 g/mol. The molecule has 0 saturated heterocycles. The zero-order valence-electron chi connectivity index (χ0n) is 19.6. The van der Waals surface area contributed by atoms with Gasteiger partial charge in [0, 0.05) is 36.5 Å². The van der Waals surface area contributed by atoms with E-state index in [9.17, 15) is 8.42 Å². The molecule has 0 radical (unpaired) electrons. The number of nitrogens with two attached hydrogens (primary N) is 1. The molecule has 9 heteroatoms. The Hall–Kier alpha value is -3.56. The Morgan fingerprint density at radius 1 is 0.971 bits per heavy atom. The van der Waals surface area contributed by atoms with Crippen LogP contribution in [0, 0.1) is 0 Å². The highest BCUT2D eigenvalue weighted by Gasteiger charge is 2.19. The Morgan fingerprint density at radius 2 is 1.80 bits per heavy atom. The molecule has 0 spiro atoms. The first-order valence-electron chi connectivity index (χ1n) is 11.9. The van der Waals surface area contributed by atoms with E-state index in [1.807, 2.05) is 36.4 Å². The van der Waals surface area contributed by atoms with Crippen molar-refractivity contribution in [3.8, 4) is 0 Å². The number of nitrogens with zero attached hydrogens (tertiary/aromatic N) is 4. The van der Waals surface area contributed by atoms with Gasteiger partial charge in [0.15, 0.2) is 5.82 Å². The van der Waals surface area contributed by atoms with Gasteiger partial charge in [-0.2, -0.15) is 0 Å². The first-order chi connectivity index (χ1) is 17.0. The van der Waals surface area contributed by atoms with Crippen molar-refractivity contribution in [1.82, 2.24) is 24.2 Å². The smallest absolute Gasteiger partial charge is 0.242 e. The number of anilines is 1. The van der Waals surface area contributed by atoms with E-state index >= 15 is 0 Å². The Morgan fingerprint density at radius 3 is 2.66 bits per heavy atom. The second-order valence-electron chi connectivity index (χ2n) is 8.58. The number of hydrogen-bond acceptors (Lipinski definition) is 6. The topological polar surface area (TPSA) is 116 Å². The van der Waals surface area contributed by atoms with Crippen LogP contribution in [0.3, 0.4) is 0 Å². The number of nitrogen functional groups attached to an aromatic ring is 1. The number of unbranched alkanes of at least 4 members (excludes halogenated alkanes) is 1. The number of aromatic nitrogens is 4. The molecule has 5 aromatic rings. The molecule has 3 N–H and O–H groups in total. The molecule has 3 aromatic heterocycles. The van der Waals surface area contributed by atoms with Crippen molar-refractivity contribution in [1.29, 1.82) is 0 Å². The van der Waals surface area contributed by atoms with Crippen LogP contribution in [0.1, 0.15) is 32.0 Å². The lowest BCUT2D eigenvalue weighted by atomic mass is 10.2. The molecule has 5 rings (SSSR count). The van der Waals surface area contributed by atoms with Gasteiger partial charge in [-0.15, -0.1) is 0 Å². The van der Waals surface area contributed by atoms with Gasteiger partial charge in [-0.1, -0.05) is 49.7 Å². The molecule has 0 amide bonds. The fraction of sp³-hybridized carbons (Fsp3) is 0.269. The van der Waals surface area contributed by atoms with Gasteiger partial charge in [0.25, 0.3) is 0 Å². The number of imidazole rings is 1. The number of fused-ring (bicyclic) bond motifs is 4. The molecule has 0 bridgehead atoms. The summed E-state index contributed by atoms with van der Waals surface area (Å²) in [7, 11) is -3.70. The van der Waals surface area contributed by atoms with Crippen molar-refractivity contribution < 1.29 is 8.42 Å². The summed E-state index contributed by atoms with van der Waals surface area (Å²) >= 11 is 0. The third-order valence-electron chi connectivity index (χ3n) is 6.18. The molecule has 0 aliphatic rings. The van der Waals surface area contributed by atoms with Gasteiger partial charge in [-0.05, 0) is 31.0 Å². The molecule has 0 unspecified atom stereocenters. The maximum atomic E-state index is 13.1. The second-order valence-corrected chi connectivity index (χ2v) is 10.3. The molecule has 0 aliphatic heterocycles. The molecule has 0 fully saturated rings. The van der Waals surface area contributed by atoms with Gasteiger partial charge in [-0.25, -0.2) is 23.1 Å². The predicted molar refractivity (Wildman–Crippen MR) is 140 cm³/mol. The van der Waals surface area contributed by atoms with Crippen molar-refractivity contribution in [3.05, 3.63) is 66.6 Å². The quantitative estimate of drug-likeness (QED) is 0.297. The van der Waals surface area contributed by atoms with Crippen LogP contribution < -0.4 is 10.5 Å². The van der Waals surface area contributed by atoms with Crippen LogP contribution in [0.25, 0.3) is 32.8 Å². The van der Waals surface area contributed by atoms with E-state index in [1.165, 1.54) is 0 Å². The Balaban J connectivity index is 1.41. The van der Waals surface area contributed by atoms with Crippen molar-refractivity contribution in [2.75, 3.05) is 12.3 Å². The Bertz CT molecular complexity index is 1620. The minimum Gasteiger partial charge on any atom is -0.382 e. The number of aryl methyl sites for hydroxylation is 2. The average Bonchev–Trinajstić information content (AvgIpc) is 3.24. The van der Waals surface area contributed by atoms with E-state index in [4.69, 9.17) is 10.7 Å². The van der Waals surface area contributed by atoms with Crippen molar-refractivity contribution in [2.45, 2.75) is 44.0 Å². The third-order valence-corrected chi connectivity index (χ3v) is 7.67.